The smallest absolute Gasteiger partial charge is 0.229 e. The summed E-state index contributed by atoms with van der Waals surface area (Å²) in [6.07, 6.45) is 1.85. The monoisotopic (exact) mass is 273 g/mol. The Kier molecular flexibility index (Phi) is 3.44. The molecule has 1 aliphatic rings. The van der Waals surface area contributed by atoms with Crippen molar-refractivity contribution in [1.29, 1.82) is 0 Å². The number of aryl methyl sites for hydroxylation is 2. The molecular formula is C15H19N3O2. The van der Waals surface area contributed by atoms with Crippen molar-refractivity contribution in [2.75, 3.05) is 18.5 Å². The molecule has 1 aromatic carbocycles. The largest absolute Gasteiger partial charge is 0.381 e. The Morgan fingerprint density at radius 3 is 3.10 bits per heavy atom. The maximum atomic E-state index is 12.2. The summed E-state index contributed by atoms with van der Waals surface area (Å²) >= 11 is 0. The maximum Gasteiger partial charge on any atom is 0.229 e. The van der Waals surface area contributed by atoms with Crippen LogP contribution in [0.2, 0.25) is 0 Å². The van der Waals surface area contributed by atoms with E-state index in [2.05, 4.69) is 10.4 Å². The van der Waals surface area contributed by atoms with E-state index in [0.717, 1.165) is 41.7 Å². The number of hydrogen-bond donors (Lipinski definition) is 1. The molecule has 1 atom stereocenters. The fourth-order valence-corrected chi connectivity index (χ4v) is 2.60. The number of nitrogens with one attached hydrogen (secondary N) is 1. The fraction of sp³-hybridized carbons (Fsp3) is 0.467. The number of aromatic nitrogens is 2. The number of fused-ring (bicyclic) bond motifs is 1. The molecule has 0 saturated carbocycles. The Morgan fingerprint density at radius 1 is 1.50 bits per heavy atom. The molecule has 1 aromatic heterocycles. The summed E-state index contributed by atoms with van der Waals surface area (Å²) in [7, 11) is 1.92. The zero-order valence-electron chi connectivity index (χ0n) is 11.8. The highest BCUT2D eigenvalue weighted by Crippen LogP contribution is 2.22. The van der Waals surface area contributed by atoms with Gasteiger partial charge in [-0.1, -0.05) is 0 Å². The Morgan fingerprint density at radius 2 is 2.35 bits per heavy atom. The molecule has 0 aliphatic carbocycles. The first-order valence-corrected chi connectivity index (χ1v) is 6.97. The second-order valence-corrected chi connectivity index (χ2v) is 5.34. The normalized spacial score (nSPS) is 19.2. The highest BCUT2D eigenvalue weighted by atomic mass is 16.5. The third kappa shape index (κ3) is 2.41. The first kappa shape index (κ1) is 13.1. The van der Waals surface area contributed by atoms with Gasteiger partial charge in [-0.2, -0.15) is 5.10 Å². The van der Waals surface area contributed by atoms with Crippen LogP contribution in [0.4, 0.5) is 5.69 Å². The number of benzene rings is 1. The van der Waals surface area contributed by atoms with Gasteiger partial charge in [0, 0.05) is 30.4 Å². The molecule has 5 heteroatoms. The highest BCUT2D eigenvalue weighted by molar-refractivity contribution is 5.95. The minimum absolute atomic E-state index is 0.0371. The van der Waals surface area contributed by atoms with Crippen molar-refractivity contribution >= 4 is 22.5 Å². The number of rotatable bonds is 2. The van der Waals surface area contributed by atoms with Crippen LogP contribution in [0.1, 0.15) is 18.5 Å². The van der Waals surface area contributed by atoms with Crippen LogP contribution < -0.4 is 5.32 Å². The van der Waals surface area contributed by atoms with Crippen molar-refractivity contribution in [3.05, 3.63) is 23.9 Å². The van der Waals surface area contributed by atoms with E-state index in [4.69, 9.17) is 4.74 Å². The number of ether oxygens (including phenoxy) is 1. The molecule has 0 radical (unpaired) electrons. The molecule has 0 unspecified atom stereocenters. The standard InChI is InChI=1S/C15H19N3O2/c1-10-13-6-5-12(8-14(13)17-18(10)2)16-15(19)11-4-3-7-20-9-11/h5-6,8,11H,3-4,7,9H2,1-2H3,(H,16,19)/t11-/m0/s1. The van der Waals surface area contributed by atoms with Gasteiger partial charge in [-0.25, -0.2) is 0 Å². The zero-order valence-corrected chi connectivity index (χ0v) is 11.8. The lowest BCUT2D eigenvalue weighted by atomic mass is 10.0. The number of amides is 1. The van der Waals surface area contributed by atoms with Gasteiger partial charge in [-0.3, -0.25) is 9.48 Å². The average molecular weight is 273 g/mol. The minimum atomic E-state index is -0.0371. The molecule has 0 bridgehead atoms. The molecule has 20 heavy (non-hydrogen) atoms. The van der Waals surface area contributed by atoms with Crippen LogP contribution in [0, 0.1) is 12.8 Å². The summed E-state index contributed by atoms with van der Waals surface area (Å²) in [5.74, 6) is 0.00150. The third-order valence-electron chi connectivity index (χ3n) is 3.93. The summed E-state index contributed by atoms with van der Waals surface area (Å²) in [5, 5.41) is 8.52. The van der Waals surface area contributed by atoms with Gasteiger partial charge in [0.1, 0.15) is 0 Å². The van der Waals surface area contributed by atoms with E-state index in [-0.39, 0.29) is 11.8 Å². The minimum Gasteiger partial charge on any atom is -0.381 e. The van der Waals surface area contributed by atoms with Gasteiger partial charge in [0.25, 0.3) is 0 Å². The third-order valence-corrected chi connectivity index (χ3v) is 3.93. The second-order valence-electron chi connectivity index (χ2n) is 5.34. The Labute approximate surface area is 117 Å². The molecule has 0 spiro atoms. The van der Waals surface area contributed by atoms with Gasteiger partial charge in [0.2, 0.25) is 5.91 Å². The van der Waals surface area contributed by atoms with Crippen molar-refractivity contribution in [1.82, 2.24) is 9.78 Å². The molecule has 1 N–H and O–H groups in total. The number of nitrogens with zero attached hydrogens (tertiary/aromatic N) is 2. The lowest BCUT2D eigenvalue weighted by molar-refractivity contribution is -0.123. The number of anilines is 1. The van der Waals surface area contributed by atoms with Gasteiger partial charge < -0.3 is 10.1 Å². The second kappa shape index (κ2) is 5.25. The average Bonchev–Trinajstić information content (AvgIpc) is 2.74. The molecule has 2 heterocycles. The van der Waals surface area contributed by atoms with E-state index >= 15 is 0 Å². The van der Waals surface area contributed by atoms with Crippen molar-refractivity contribution in [3.8, 4) is 0 Å². The number of hydrogen-bond acceptors (Lipinski definition) is 3. The summed E-state index contributed by atoms with van der Waals surface area (Å²) in [6.45, 7) is 3.33. The first-order valence-electron chi connectivity index (χ1n) is 6.97. The number of carbonyl (C=O) groups is 1. The lowest BCUT2D eigenvalue weighted by Crippen LogP contribution is -2.30. The van der Waals surface area contributed by atoms with Crippen LogP contribution >= 0.6 is 0 Å². The molecule has 1 aliphatic heterocycles. The Balaban J connectivity index is 1.78. The van der Waals surface area contributed by atoms with Gasteiger partial charge in [-0.05, 0) is 38.0 Å². The van der Waals surface area contributed by atoms with Crippen LogP contribution in [0.25, 0.3) is 10.9 Å². The zero-order chi connectivity index (χ0) is 14.1. The molecule has 1 amide bonds. The SMILES string of the molecule is Cc1c2ccc(NC(=O)[C@H]3CCCOC3)cc2nn1C. The van der Waals surface area contributed by atoms with Crippen molar-refractivity contribution < 1.29 is 9.53 Å². The summed E-state index contributed by atoms with van der Waals surface area (Å²) < 4.78 is 7.21. The number of carbonyl (C=O) groups excluding carboxylic acids is 1. The lowest BCUT2D eigenvalue weighted by Gasteiger charge is -2.21. The maximum absolute atomic E-state index is 12.2. The quantitative estimate of drug-likeness (QED) is 0.913. The van der Waals surface area contributed by atoms with Crippen molar-refractivity contribution in [3.63, 3.8) is 0 Å². The van der Waals surface area contributed by atoms with E-state index < -0.39 is 0 Å². The van der Waals surface area contributed by atoms with Crippen LogP contribution in [0.15, 0.2) is 18.2 Å². The Hall–Kier alpha value is -1.88. The van der Waals surface area contributed by atoms with Crippen molar-refractivity contribution in [2.24, 2.45) is 13.0 Å². The van der Waals surface area contributed by atoms with Gasteiger partial charge in [0.15, 0.2) is 0 Å². The molecule has 1 saturated heterocycles. The molecule has 1 fully saturated rings. The highest BCUT2D eigenvalue weighted by Gasteiger charge is 2.21. The topological polar surface area (TPSA) is 56.1 Å². The summed E-state index contributed by atoms with van der Waals surface area (Å²) in [5.41, 5.74) is 2.83. The predicted molar refractivity (Wildman–Crippen MR) is 77.6 cm³/mol. The van der Waals surface area contributed by atoms with Crippen LogP contribution in [0.3, 0.4) is 0 Å². The molecular weight excluding hydrogens is 254 g/mol. The molecule has 3 rings (SSSR count). The van der Waals surface area contributed by atoms with E-state index in [1.807, 2.05) is 36.9 Å². The summed E-state index contributed by atoms with van der Waals surface area (Å²) in [4.78, 5) is 12.2. The van der Waals surface area contributed by atoms with E-state index in [1.54, 1.807) is 0 Å². The van der Waals surface area contributed by atoms with Crippen LogP contribution in [-0.4, -0.2) is 28.9 Å². The van der Waals surface area contributed by atoms with E-state index in [9.17, 15) is 4.79 Å². The molecule has 5 nitrogen and oxygen atoms in total. The van der Waals surface area contributed by atoms with E-state index in [0.29, 0.717) is 6.61 Å². The van der Waals surface area contributed by atoms with Crippen LogP contribution in [-0.2, 0) is 16.6 Å². The van der Waals surface area contributed by atoms with Crippen LogP contribution in [0.5, 0.6) is 0 Å². The fourth-order valence-electron chi connectivity index (χ4n) is 2.60. The van der Waals surface area contributed by atoms with Gasteiger partial charge in [0.05, 0.1) is 18.0 Å². The molecule has 106 valence electrons. The predicted octanol–water partition coefficient (Wildman–Crippen LogP) is 2.25. The Bertz CT molecular complexity index is 642. The first-order chi connectivity index (χ1) is 9.65. The molecule has 2 aromatic rings. The van der Waals surface area contributed by atoms with Crippen molar-refractivity contribution in [2.45, 2.75) is 19.8 Å². The van der Waals surface area contributed by atoms with E-state index in [1.165, 1.54) is 0 Å². The van der Waals surface area contributed by atoms with Gasteiger partial charge >= 0.3 is 0 Å². The van der Waals surface area contributed by atoms with Gasteiger partial charge in [-0.15, -0.1) is 0 Å². The summed E-state index contributed by atoms with van der Waals surface area (Å²) in [6, 6.07) is 5.85.